The van der Waals surface area contributed by atoms with Crippen molar-refractivity contribution in [3.05, 3.63) is 59.2 Å². The number of ether oxygens (including phenoxy) is 1. The van der Waals surface area contributed by atoms with E-state index in [-0.39, 0.29) is 6.42 Å². The molecular formula is C18H17Cl2FO. The second kappa shape index (κ2) is 4.83. The summed E-state index contributed by atoms with van der Waals surface area (Å²) in [7, 11) is 0. The third kappa shape index (κ3) is 2.24. The van der Waals surface area contributed by atoms with Gasteiger partial charge in [0.15, 0.2) is 0 Å². The standard InChI is InChI=1S/C18H17Cl2FO/c19-14-6-7-15(18(12-22-18)17(20)8-9-17)16(21,11-14)10-13-4-2-1-3-5-13/h1-7,11,15H,8-10,12H2. The predicted molar refractivity (Wildman–Crippen MR) is 87.1 cm³/mol. The highest BCUT2D eigenvalue weighted by molar-refractivity contribution is 6.31. The molecular weight excluding hydrogens is 322 g/mol. The van der Waals surface area contributed by atoms with Crippen LogP contribution in [0.15, 0.2) is 53.6 Å². The summed E-state index contributed by atoms with van der Waals surface area (Å²) < 4.78 is 21.7. The van der Waals surface area contributed by atoms with E-state index in [0.717, 1.165) is 18.4 Å². The molecule has 0 spiro atoms. The molecule has 1 saturated heterocycles. The van der Waals surface area contributed by atoms with E-state index in [1.165, 1.54) is 6.08 Å². The minimum absolute atomic E-state index is 0.275. The van der Waals surface area contributed by atoms with Crippen LogP contribution in [0.3, 0.4) is 0 Å². The molecule has 4 heteroatoms. The molecule has 2 aliphatic carbocycles. The Labute approximate surface area is 139 Å². The van der Waals surface area contributed by atoms with Crippen molar-refractivity contribution < 1.29 is 9.13 Å². The first kappa shape index (κ1) is 14.7. The highest BCUT2D eigenvalue weighted by Crippen LogP contribution is 2.64. The van der Waals surface area contributed by atoms with Crippen LogP contribution in [-0.2, 0) is 11.2 Å². The van der Waals surface area contributed by atoms with E-state index in [2.05, 4.69) is 0 Å². The number of allylic oxidation sites excluding steroid dienone is 3. The van der Waals surface area contributed by atoms with Crippen LogP contribution < -0.4 is 0 Å². The SMILES string of the molecule is FC1(Cc2ccccc2)C=C(Cl)C=CC1C1(C2(Cl)CC2)CO1. The molecule has 1 aromatic carbocycles. The van der Waals surface area contributed by atoms with Crippen molar-refractivity contribution in [1.82, 2.24) is 0 Å². The topological polar surface area (TPSA) is 12.5 Å². The Kier molecular flexibility index (Phi) is 3.24. The number of rotatable bonds is 4. The summed E-state index contributed by atoms with van der Waals surface area (Å²) in [6.07, 6.45) is 7.19. The molecule has 0 bridgehead atoms. The maximum Gasteiger partial charge on any atom is 0.144 e. The van der Waals surface area contributed by atoms with E-state index in [1.807, 2.05) is 36.4 Å². The lowest BCUT2D eigenvalue weighted by Crippen LogP contribution is -2.48. The van der Waals surface area contributed by atoms with Gasteiger partial charge in [0.2, 0.25) is 0 Å². The lowest BCUT2D eigenvalue weighted by molar-refractivity contribution is 0.0859. The second-order valence-corrected chi connectivity index (χ2v) is 7.76. The van der Waals surface area contributed by atoms with E-state index in [1.54, 1.807) is 6.08 Å². The second-order valence-electron chi connectivity index (χ2n) is 6.60. The number of hydrogen-bond acceptors (Lipinski definition) is 1. The van der Waals surface area contributed by atoms with Crippen LogP contribution in [0.1, 0.15) is 18.4 Å². The van der Waals surface area contributed by atoms with E-state index in [0.29, 0.717) is 11.6 Å². The molecule has 22 heavy (non-hydrogen) atoms. The molecule has 3 unspecified atom stereocenters. The molecule has 3 aliphatic rings. The minimum Gasteiger partial charge on any atom is -0.367 e. The van der Waals surface area contributed by atoms with Crippen LogP contribution in [0, 0.1) is 5.92 Å². The number of halogens is 3. The zero-order valence-electron chi connectivity index (χ0n) is 12.1. The fourth-order valence-electron chi connectivity index (χ4n) is 3.66. The Bertz CT molecular complexity index is 646. The van der Waals surface area contributed by atoms with Crippen LogP contribution >= 0.6 is 23.2 Å². The fraction of sp³-hybridized carbons (Fsp3) is 0.444. The summed E-state index contributed by atoms with van der Waals surface area (Å²) in [5.74, 6) is -0.400. The molecule has 1 saturated carbocycles. The molecule has 0 N–H and O–H groups in total. The Morgan fingerprint density at radius 2 is 1.91 bits per heavy atom. The smallest absolute Gasteiger partial charge is 0.144 e. The monoisotopic (exact) mass is 338 g/mol. The van der Waals surface area contributed by atoms with Gasteiger partial charge in [0.05, 0.1) is 11.5 Å². The number of benzene rings is 1. The average molecular weight is 339 g/mol. The quantitative estimate of drug-likeness (QED) is 0.568. The van der Waals surface area contributed by atoms with Gasteiger partial charge in [-0.2, -0.15) is 0 Å². The Morgan fingerprint density at radius 3 is 2.50 bits per heavy atom. The van der Waals surface area contributed by atoms with Gasteiger partial charge in [-0.3, -0.25) is 0 Å². The van der Waals surface area contributed by atoms with Gasteiger partial charge in [-0.1, -0.05) is 48.0 Å². The highest BCUT2D eigenvalue weighted by atomic mass is 35.5. The first-order valence-electron chi connectivity index (χ1n) is 7.60. The van der Waals surface area contributed by atoms with Gasteiger partial charge in [-0.05, 0) is 30.6 Å². The summed E-state index contributed by atoms with van der Waals surface area (Å²) >= 11 is 12.7. The van der Waals surface area contributed by atoms with Crippen LogP contribution in [-0.4, -0.2) is 22.8 Å². The van der Waals surface area contributed by atoms with E-state index >= 15 is 4.39 Å². The molecule has 0 amide bonds. The van der Waals surface area contributed by atoms with E-state index in [9.17, 15) is 0 Å². The summed E-state index contributed by atoms with van der Waals surface area (Å²) in [5, 5.41) is 0.435. The molecule has 1 aromatic rings. The molecule has 4 rings (SSSR count). The molecule has 1 heterocycles. The number of alkyl halides is 2. The van der Waals surface area contributed by atoms with Gasteiger partial charge >= 0.3 is 0 Å². The van der Waals surface area contributed by atoms with Crippen LogP contribution in [0.25, 0.3) is 0 Å². The Balaban J connectivity index is 1.69. The van der Waals surface area contributed by atoms with Crippen LogP contribution in [0.4, 0.5) is 4.39 Å². The largest absolute Gasteiger partial charge is 0.367 e. The summed E-state index contributed by atoms with van der Waals surface area (Å²) in [6, 6.07) is 9.65. The number of hydrogen-bond donors (Lipinski definition) is 0. The molecule has 1 aliphatic heterocycles. The number of epoxide rings is 1. The predicted octanol–water partition coefficient (Wildman–Crippen LogP) is 4.79. The average Bonchev–Trinajstić information content (AvgIpc) is 3.37. The van der Waals surface area contributed by atoms with Gasteiger partial charge in [0, 0.05) is 17.4 Å². The third-order valence-corrected chi connectivity index (χ3v) is 6.00. The van der Waals surface area contributed by atoms with Gasteiger partial charge in [-0.15, -0.1) is 11.6 Å². The summed E-state index contributed by atoms with van der Waals surface area (Å²) in [5.41, 5.74) is -1.21. The summed E-state index contributed by atoms with van der Waals surface area (Å²) in [6.45, 7) is 0.525. The molecule has 2 fully saturated rings. The molecule has 1 nitrogen and oxygen atoms in total. The first-order valence-corrected chi connectivity index (χ1v) is 8.35. The van der Waals surface area contributed by atoms with Crippen molar-refractivity contribution in [3.8, 4) is 0 Å². The lowest BCUT2D eigenvalue weighted by Gasteiger charge is -2.38. The zero-order valence-corrected chi connectivity index (χ0v) is 13.6. The van der Waals surface area contributed by atoms with Crippen LogP contribution in [0.5, 0.6) is 0 Å². The van der Waals surface area contributed by atoms with Crippen molar-refractivity contribution in [2.45, 2.75) is 35.4 Å². The minimum atomic E-state index is -1.58. The third-order valence-electron chi connectivity index (χ3n) is 5.07. The zero-order chi connectivity index (χ0) is 15.4. The molecule has 0 aromatic heterocycles. The van der Waals surface area contributed by atoms with Gasteiger partial charge < -0.3 is 4.74 Å². The van der Waals surface area contributed by atoms with Crippen molar-refractivity contribution in [3.63, 3.8) is 0 Å². The highest BCUT2D eigenvalue weighted by Gasteiger charge is 2.73. The normalized spacial score (nSPS) is 38.5. The van der Waals surface area contributed by atoms with Gasteiger partial charge in [0.25, 0.3) is 0 Å². The van der Waals surface area contributed by atoms with Crippen molar-refractivity contribution >= 4 is 23.2 Å². The maximum absolute atomic E-state index is 15.9. The van der Waals surface area contributed by atoms with E-state index in [4.69, 9.17) is 27.9 Å². The fourth-order valence-corrected chi connectivity index (χ4v) is 4.23. The van der Waals surface area contributed by atoms with Crippen molar-refractivity contribution in [2.75, 3.05) is 6.61 Å². The van der Waals surface area contributed by atoms with E-state index < -0.39 is 22.1 Å². The Hall–Kier alpha value is -0.830. The maximum atomic E-state index is 15.9. The van der Waals surface area contributed by atoms with Gasteiger partial charge in [0.1, 0.15) is 11.3 Å². The molecule has 3 atom stereocenters. The van der Waals surface area contributed by atoms with Gasteiger partial charge in [-0.25, -0.2) is 4.39 Å². The first-order chi connectivity index (χ1) is 10.5. The summed E-state index contributed by atoms with van der Waals surface area (Å²) in [4.78, 5) is -0.409. The molecule has 0 radical (unpaired) electrons. The lowest BCUT2D eigenvalue weighted by atomic mass is 9.72. The Morgan fingerprint density at radius 1 is 1.23 bits per heavy atom. The molecule has 116 valence electrons. The van der Waals surface area contributed by atoms with Crippen molar-refractivity contribution in [2.24, 2.45) is 5.92 Å². The van der Waals surface area contributed by atoms with Crippen LogP contribution in [0.2, 0.25) is 0 Å². The van der Waals surface area contributed by atoms with Crippen molar-refractivity contribution in [1.29, 1.82) is 0 Å².